The molecule has 2 fully saturated rings. The lowest BCUT2D eigenvalue weighted by Crippen LogP contribution is -2.40. The standard InChI is InChI=1S/C11H20O3.C9H12N2/c1-6-9(12)7(2)14-11(6)10(13)8-4-3-5-8;1-4-5-9-7(2)10-6-11-8(9)3/h6-13H,3-5H2,1-2H3;4-6H,1-3H3/b;5-4-/t6-,7-,9+,10-,11-;/m0./s1. The number of aliphatic hydroxyl groups is 2. The molecule has 5 nitrogen and oxygen atoms in total. The first-order chi connectivity index (χ1) is 11.9. The van der Waals surface area contributed by atoms with E-state index < -0.39 is 6.10 Å². The first-order valence-electron chi connectivity index (χ1n) is 9.29. The van der Waals surface area contributed by atoms with E-state index in [1.165, 1.54) is 6.42 Å². The SMILES string of the molecule is C/C=C\c1c(C)ncnc1C.C[C@H]1[C@@H](O)[C@H](C)O[C@@H]1[C@@H](O)C1CCC1. The Labute approximate surface area is 151 Å². The van der Waals surface area contributed by atoms with Gasteiger partial charge in [-0.25, -0.2) is 9.97 Å². The van der Waals surface area contributed by atoms with Gasteiger partial charge in [0.2, 0.25) is 0 Å². The van der Waals surface area contributed by atoms with Crippen molar-refractivity contribution in [2.45, 2.75) is 78.3 Å². The summed E-state index contributed by atoms with van der Waals surface area (Å²) in [5.41, 5.74) is 3.21. The highest BCUT2D eigenvalue weighted by Gasteiger charge is 2.45. The van der Waals surface area contributed by atoms with E-state index in [1.807, 2.05) is 46.8 Å². The first kappa shape index (κ1) is 20.0. The van der Waals surface area contributed by atoms with Crippen molar-refractivity contribution in [2.24, 2.45) is 11.8 Å². The number of aromatic nitrogens is 2. The van der Waals surface area contributed by atoms with Crippen LogP contribution >= 0.6 is 0 Å². The molecule has 0 spiro atoms. The maximum Gasteiger partial charge on any atom is 0.115 e. The predicted molar refractivity (Wildman–Crippen MR) is 99.1 cm³/mol. The highest BCUT2D eigenvalue weighted by atomic mass is 16.5. The van der Waals surface area contributed by atoms with E-state index in [2.05, 4.69) is 9.97 Å². The van der Waals surface area contributed by atoms with E-state index in [-0.39, 0.29) is 24.2 Å². The topological polar surface area (TPSA) is 75.5 Å². The zero-order valence-electron chi connectivity index (χ0n) is 16.0. The van der Waals surface area contributed by atoms with Crippen molar-refractivity contribution in [2.75, 3.05) is 0 Å². The number of hydrogen-bond acceptors (Lipinski definition) is 5. The lowest BCUT2D eigenvalue weighted by atomic mass is 9.77. The summed E-state index contributed by atoms with van der Waals surface area (Å²) in [5.74, 6) is 0.459. The predicted octanol–water partition coefficient (Wildman–Crippen LogP) is 3.06. The minimum Gasteiger partial charge on any atom is -0.390 e. The van der Waals surface area contributed by atoms with Crippen molar-refractivity contribution in [3.05, 3.63) is 29.4 Å². The molecule has 1 saturated carbocycles. The molecule has 140 valence electrons. The van der Waals surface area contributed by atoms with E-state index >= 15 is 0 Å². The van der Waals surface area contributed by atoms with Gasteiger partial charge in [-0.1, -0.05) is 25.5 Å². The molecule has 0 radical (unpaired) electrons. The van der Waals surface area contributed by atoms with Gasteiger partial charge < -0.3 is 14.9 Å². The second-order valence-corrected chi connectivity index (χ2v) is 7.30. The van der Waals surface area contributed by atoms with Crippen molar-refractivity contribution < 1.29 is 14.9 Å². The molecule has 1 aromatic rings. The molecule has 2 N–H and O–H groups in total. The van der Waals surface area contributed by atoms with E-state index in [9.17, 15) is 10.2 Å². The summed E-state index contributed by atoms with van der Waals surface area (Å²) >= 11 is 0. The Balaban J connectivity index is 0.000000186. The summed E-state index contributed by atoms with van der Waals surface area (Å²) in [4.78, 5) is 8.19. The minimum atomic E-state index is -0.422. The van der Waals surface area contributed by atoms with Gasteiger partial charge in [0.05, 0.1) is 24.4 Å². The molecular formula is C20H32N2O3. The van der Waals surface area contributed by atoms with Crippen LogP contribution in [0.25, 0.3) is 6.08 Å². The third-order valence-electron chi connectivity index (χ3n) is 5.49. The summed E-state index contributed by atoms with van der Waals surface area (Å²) in [6, 6.07) is 0. The van der Waals surface area contributed by atoms with Gasteiger partial charge in [-0.05, 0) is 46.5 Å². The van der Waals surface area contributed by atoms with E-state index in [1.54, 1.807) is 6.33 Å². The highest BCUT2D eigenvalue weighted by molar-refractivity contribution is 5.53. The van der Waals surface area contributed by atoms with Crippen LogP contribution in [-0.2, 0) is 4.74 Å². The summed E-state index contributed by atoms with van der Waals surface area (Å²) < 4.78 is 5.60. The first-order valence-corrected chi connectivity index (χ1v) is 9.29. The zero-order chi connectivity index (χ0) is 18.6. The second-order valence-electron chi connectivity index (χ2n) is 7.30. The van der Waals surface area contributed by atoms with Gasteiger partial charge in [0.25, 0.3) is 0 Å². The molecule has 1 aliphatic heterocycles. The van der Waals surface area contributed by atoms with Crippen molar-refractivity contribution in [3.63, 3.8) is 0 Å². The molecule has 25 heavy (non-hydrogen) atoms. The summed E-state index contributed by atoms with van der Waals surface area (Å²) in [5, 5.41) is 19.8. The molecule has 0 amide bonds. The van der Waals surface area contributed by atoms with Gasteiger partial charge in [0, 0.05) is 22.9 Å². The molecule has 2 aliphatic rings. The largest absolute Gasteiger partial charge is 0.390 e. The van der Waals surface area contributed by atoms with Crippen molar-refractivity contribution >= 4 is 6.08 Å². The second kappa shape index (κ2) is 8.88. The lowest BCUT2D eigenvalue weighted by molar-refractivity contribution is -0.0798. The fraction of sp³-hybridized carbons (Fsp3) is 0.700. The summed E-state index contributed by atoms with van der Waals surface area (Å²) in [6.45, 7) is 9.80. The van der Waals surface area contributed by atoms with Gasteiger partial charge in [-0.15, -0.1) is 0 Å². The average Bonchev–Trinajstić information content (AvgIpc) is 2.78. The maximum absolute atomic E-state index is 10.0. The van der Waals surface area contributed by atoms with Gasteiger partial charge in [-0.2, -0.15) is 0 Å². The number of hydrogen-bond donors (Lipinski definition) is 2. The third-order valence-corrected chi connectivity index (χ3v) is 5.49. The van der Waals surface area contributed by atoms with E-state index in [4.69, 9.17) is 4.74 Å². The number of aliphatic hydroxyl groups excluding tert-OH is 2. The van der Waals surface area contributed by atoms with Crippen LogP contribution in [0.5, 0.6) is 0 Å². The molecular weight excluding hydrogens is 316 g/mol. The molecule has 5 atom stereocenters. The Hall–Kier alpha value is -1.30. The highest BCUT2D eigenvalue weighted by Crippen LogP contribution is 2.37. The Morgan fingerprint density at radius 3 is 2.20 bits per heavy atom. The fourth-order valence-corrected chi connectivity index (χ4v) is 3.53. The van der Waals surface area contributed by atoms with Crippen molar-refractivity contribution in [3.8, 4) is 0 Å². The van der Waals surface area contributed by atoms with E-state index in [0.29, 0.717) is 5.92 Å². The van der Waals surface area contributed by atoms with Crippen LogP contribution in [-0.4, -0.2) is 44.6 Å². The molecule has 0 aromatic carbocycles. The Kier molecular flexibility index (Phi) is 7.11. The molecule has 5 heteroatoms. The molecule has 1 aromatic heterocycles. The molecule has 2 heterocycles. The number of allylic oxidation sites excluding steroid dienone is 1. The monoisotopic (exact) mass is 348 g/mol. The quantitative estimate of drug-likeness (QED) is 0.878. The maximum atomic E-state index is 10.0. The van der Waals surface area contributed by atoms with Crippen molar-refractivity contribution in [1.82, 2.24) is 9.97 Å². The van der Waals surface area contributed by atoms with Crippen LogP contribution in [0, 0.1) is 25.7 Å². The summed E-state index contributed by atoms with van der Waals surface area (Å²) in [7, 11) is 0. The fourth-order valence-electron chi connectivity index (χ4n) is 3.53. The van der Waals surface area contributed by atoms with Gasteiger partial charge in [-0.3, -0.25) is 0 Å². The molecule has 1 saturated heterocycles. The zero-order valence-corrected chi connectivity index (χ0v) is 16.0. The number of ether oxygens (including phenoxy) is 1. The Bertz CT molecular complexity index is 566. The van der Waals surface area contributed by atoms with Gasteiger partial charge >= 0.3 is 0 Å². The number of aryl methyl sites for hydroxylation is 2. The van der Waals surface area contributed by atoms with E-state index in [0.717, 1.165) is 29.8 Å². The summed E-state index contributed by atoms with van der Waals surface area (Å²) in [6.07, 6.45) is 7.97. The molecule has 0 unspecified atom stereocenters. The number of nitrogens with zero attached hydrogens (tertiary/aromatic N) is 2. The lowest BCUT2D eigenvalue weighted by Gasteiger charge is -2.34. The normalized spacial score (nSPS) is 30.7. The van der Waals surface area contributed by atoms with Crippen LogP contribution in [0.15, 0.2) is 12.4 Å². The van der Waals surface area contributed by atoms with Crippen LogP contribution in [0.1, 0.15) is 57.0 Å². The third kappa shape index (κ3) is 4.66. The Morgan fingerprint density at radius 2 is 1.80 bits per heavy atom. The smallest absolute Gasteiger partial charge is 0.115 e. The van der Waals surface area contributed by atoms with Crippen LogP contribution in [0.2, 0.25) is 0 Å². The minimum absolute atomic E-state index is 0.0561. The van der Waals surface area contributed by atoms with Crippen LogP contribution in [0.4, 0.5) is 0 Å². The average molecular weight is 348 g/mol. The van der Waals surface area contributed by atoms with Crippen molar-refractivity contribution in [1.29, 1.82) is 0 Å². The number of rotatable bonds is 3. The molecule has 1 aliphatic carbocycles. The van der Waals surface area contributed by atoms with Crippen LogP contribution in [0.3, 0.4) is 0 Å². The van der Waals surface area contributed by atoms with Gasteiger partial charge in [0.1, 0.15) is 6.33 Å². The van der Waals surface area contributed by atoms with Gasteiger partial charge in [0.15, 0.2) is 0 Å². The van der Waals surface area contributed by atoms with Crippen LogP contribution < -0.4 is 0 Å². The molecule has 0 bridgehead atoms. The Morgan fingerprint density at radius 1 is 1.20 bits per heavy atom. The molecule has 3 rings (SSSR count).